The van der Waals surface area contributed by atoms with E-state index in [2.05, 4.69) is 15.5 Å². The summed E-state index contributed by atoms with van der Waals surface area (Å²) in [6.45, 7) is 4.72. The molecule has 0 unspecified atom stereocenters. The van der Waals surface area contributed by atoms with Crippen LogP contribution < -0.4 is 10.1 Å². The Morgan fingerprint density at radius 1 is 1.27 bits per heavy atom. The van der Waals surface area contributed by atoms with Gasteiger partial charge in [0.05, 0.1) is 18.4 Å². The molecular formula is C20H21F3N6O. The highest BCUT2D eigenvalue weighted by molar-refractivity contribution is 5.76. The molecule has 1 aliphatic heterocycles. The van der Waals surface area contributed by atoms with Gasteiger partial charge in [-0.3, -0.25) is 4.68 Å². The zero-order valence-electron chi connectivity index (χ0n) is 16.6. The SMILES string of the molecule is Cc1c(-c2cc(O[C@H](C)C(F)(F)F)c3c(C#N)cnn3c2)cnn1C1CCNCC1. The van der Waals surface area contributed by atoms with Crippen LogP contribution in [0.5, 0.6) is 5.75 Å². The van der Waals surface area contributed by atoms with E-state index in [4.69, 9.17) is 4.74 Å². The Balaban J connectivity index is 1.79. The maximum absolute atomic E-state index is 13.1. The number of rotatable bonds is 4. The van der Waals surface area contributed by atoms with Crippen molar-refractivity contribution < 1.29 is 17.9 Å². The monoisotopic (exact) mass is 418 g/mol. The molecule has 0 saturated carbocycles. The van der Waals surface area contributed by atoms with Gasteiger partial charge >= 0.3 is 6.18 Å². The van der Waals surface area contributed by atoms with Crippen LogP contribution in [-0.4, -0.2) is 44.8 Å². The normalized spacial score (nSPS) is 16.5. The van der Waals surface area contributed by atoms with Gasteiger partial charge in [-0.1, -0.05) is 0 Å². The summed E-state index contributed by atoms with van der Waals surface area (Å²) in [5, 5.41) is 21.3. The van der Waals surface area contributed by atoms with Crippen molar-refractivity contribution in [2.75, 3.05) is 13.1 Å². The van der Waals surface area contributed by atoms with Crippen molar-refractivity contribution in [1.82, 2.24) is 24.7 Å². The Hall–Kier alpha value is -3.06. The molecule has 1 fully saturated rings. The van der Waals surface area contributed by atoms with E-state index in [1.807, 2.05) is 17.7 Å². The molecule has 0 amide bonds. The molecule has 3 aromatic rings. The fourth-order valence-electron chi connectivity index (χ4n) is 3.79. The minimum absolute atomic E-state index is 0.0413. The molecule has 158 valence electrons. The fourth-order valence-corrected chi connectivity index (χ4v) is 3.79. The number of piperidine rings is 1. The number of hydrogen-bond acceptors (Lipinski definition) is 5. The van der Waals surface area contributed by atoms with E-state index in [1.165, 1.54) is 16.8 Å². The highest BCUT2D eigenvalue weighted by Gasteiger charge is 2.38. The van der Waals surface area contributed by atoms with E-state index < -0.39 is 12.3 Å². The van der Waals surface area contributed by atoms with Gasteiger partial charge in [-0.25, -0.2) is 4.52 Å². The van der Waals surface area contributed by atoms with E-state index in [0.717, 1.165) is 44.1 Å². The third kappa shape index (κ3) is 3.61. The molecule has 1 aliphatic rings. The predicted molar refractivity (Wildman–Crippen MR) is 103 cm³/mol. The molecule has 1 atom stereocenters. The number of fused-ring (bicyclic) bond motifs is 1. The van der Waals surface area contributed by atoms with E-state index in [-0.39, 0.29) is 22.9 Å². The van der Waals surface area contributed by atoms with E-state index >= 15 is 0 Å². The summed E-state index contributed by atoms with van der Waals surface area (Å²) in [5.74, 6) is -0.0413. The lowest BCUT2D eigenvalue weighted by Crippen LogP contribution is -2.31. The number of alkyl halides is 3. The molecule has 0 radical (unpaired) electrons. The molecule has 0 aromatic carbocycles. The number of aromatic nitrogens is 4. The van der Waals surface area contributed by atoms with Crippen molar-refractivity contribution in [3.8, 4) is 22.9 Å². The number of nitrogens with zero attached hydrogens (tertiary/aromatic N) is 5. The first-order valence-corrected chi connectivity index (χ1v) is 9.69. The van der Waals surface area contributed by atoms with Crippen LogP contribution >= 0.6 is 0 Å². The molecule has 1 saturated heterocycles. The summed E-state index contributed by atoms with van der Waals surface area (Å²) in [6.07, 6.45) is 0.0660. The maximum atomic E-state index is 13.1. The smallest absolute Gasteiger partial charge is 0.425 e. The Kier molecular flexibility index (Phi) is 5.15. The van der Waals surface area contributed by atoms with Crippen molar-refractivity contribution in [2.45, 2.75) is 45.0 Å². The minimum Gasteiger partial charge on any atom is -0.479 e. The van der Waals surface area contributed by atoms with Crippen LogP contribution in [0, 0.1) is 18.3 Å². The van der Waals surface area contributed by atoms with Gasteiger partial charge in [0.2, 0.25) is 0 Å². The summed E-state index contributed by atoms with van der Waals surface area (Å²) in [4.78, 5) is 0. The molecule has 7 nitrogen and oxygen atoms in total. The van der Waals surface area contributed by atoms with Crippen molar-refractivity contribution in [2.24, 2.45) is 0 Å². The molecule has 4 rings (SSSR count). The second-order valence-corrected chi connectivity index (χ2v) is 7.43. The van der Waals surface area contributed by atoms with Gasteiger partial charge in [0.25, 0.3) is 0 Å². The molecular weight excluding hydrogens is 397 g/mol. The Morgan fingerprint density at radius 3 is 2.67 bits per heavy atom. The quantitative estimate of drug-likeness (QED) is 0.700. The molecule has 10 heteroatoms. The molecule has 0 bridgehead atoms. The summed E-state index contributed by atoms with van der Waals surface area (Å²) in [7, 11) is 0. The topological polar surface area (TPSA) is 80.2 Å². The summed E-state index contributed by atoms with van der Waals surface area (Å²) < 4.78 is 47.9. The Morgan fingerprint density at radius 2 is 2.00 bits per heavy atom. The largest absolute Gasteiger partial charge is 0.479 e. The van der Waals surface area contributed by atoms with E-state index in [1.54, 1.807) is 12.4 Å². The summed E-state index contributed by atoms with van der Waals surface area (Å²) in [5.41, 5.74) is 2.68. The van der Waals surface area contributed by atoms with Crippen LogP contribution in [0.1, 0.15) is 37.1 Å². The molecule has 3 aromatic heterocycles. The van der Waals surface area contributed by atoms with E-state index in [0.29, 0.717) is 5.56 Å². The van der Waals surface area contributed by atoms with Gasteiger partial charge in [-0.15, -0.1) is 0 Å². The number of ether oxygens (including phenoxy) is 1. The number of halogens is 3. The third-order valence-electron chi connectivity index (χ3n) is 5.47. The number of nitrogens with one attached hydrogen (secondary N) is 1. The average Bonchev–Trinajstić information content (AvgIpc) is 3.31. The van der Waals surface area contributed by atoms with Gasteiger partial charge in [0, 0.05) is 23.0 Å². The summed E-state index contributed by atoms with van der Waals surface area (Å²) in [6, 6.07) is 3.76. The van der Waals surface area contributed by atoms with Crippen LogP contribution in [0.25, 0.3) is 16.6 Å². The van der Waals surface area contributed by atoms with E-state index in [9.17, 15) is 18.4 Å². The van der Waals surface area contributed by atoms with Gasteiger partial charge in [-0.05, 0) is 45.8 Å². The second-order valence-electron chi connectivity index (χ2n) is 7.43. The highest BCUT2D eigenvalue weighted by Crippen LogP contribution is 2.35. The average molecular weight is 418 g/mol. The number of pyridine rings is 1. The van der Waals surface area contributed by atoms with Crippen molar-refractivity contribution in [1.29, 1.82) is 5.26 Å². The molecule has 4 heterocycles. The Labute approximate surface area is 171 Å². The summed E-state index contributed by atoms with van der Waals surface area (Å²) >= 11 is 0. The van der Waals surface area contributed by atoms with Gasteiger partial charge in [0.1, 0.15) is 22.9 Å². The first kappa shape index (κ1) is 20.2. The zero-order valence-corrected chi connectivity index (χ0v) is 16.6. The van der Waals surface area contributed by atoms with Gasteiger partial charge in [-0.2, -0.15) is 28.6 Å². The van der Waals surface area contributed by atoms with Gasteiger partial charge in [0.15, 0.2) is 6.10 Å². The van der Waals surface area contributed by atoms with Crippen LogP contribution in [-0.2, 0) is 0 Å². The van der Waals surface area contributed by atoms with Crippen molar-refractivity contribution in [3.63, 3.8) is 0 Å². The lowest BCUT2D eigenvalue weighted by molar-refractivity contribution is -0.189. The van der Waals surface area contributed by atoms with Crippen molar-refractivity contribution in [3.05, 3.63) is 35.9 Å². The first-order chi connectivity index (χ1) is 14.3. The molecule has 1 N–H and O–H groups in total. The predicted octanol–water partition coefficient (Wildman–Crippen LogP) is 3.63. The Bertz CT molecular complexity index is 1100. The standard InChI is InChI=1S/C20H21F3N6O/c1-12-17(10-27-29(12)16-3-5-25-6-4-16)14-7-18(30-13(2)20(21,22)23)19-15(8-24)9-26-28(19)11-14/h7,9-11,13,16,25H,3-6H2,1-2H3/t13-/m1/s1. The van der Waals surface area contributed by atoms with Gasteiger partial charge < -0.3 is 10.1 Å². The van der Waals surface area contributed by atoms with Crippen molar-refractivity contribution >= 4 is 5.52 Å². The lowest BCUT2D eigenvalue weighted by atomic mass is 10.1. The van der Waals surface area contributed by atoms with Crippen LogP contribution in [0.15, 0.2) is 24.7 Å². The number of hydrogen-bond donors (Lipinski definition) is 1. The van der Waals surface area contributed by atoms with Crippen LogP contribution in [0.2, 0.25) is 0 Å². The van der Waals surface area contributed by atoms with Crippen LogP contribution in [0.3, 0.4) is 0 Å². The zero-order chi connectivity index (χ0) is 21.5. The molecule has 0 spiro atoms. The van der Waals surface area contributed by atoms with Crippen LogP contribution in [0.4, 0.5) is 13.2 Å². The lowest BCUT2D eigenvalue weighted by Gasteiger charge is -2.24. The minimum atomic E-state index is -4.53. The number of nitriles is 1. The molecule has 30 heavy (non-hydrogen) atoms. The fraction of sp³-hybridized carbons (Fsp3) is 0.450. The third-order valence-corrected chi connectivity index (χ3v) is 5.47. The highest BCUT2D eigenvalue weighted by atomic mass is 19.4. The first-order valence-electron chi connectivity index (χ1n) is 9.69. The second kappa shape index (κ2) is 7.65. The maximum Gasteiger partial charge on any atom is 0.425 e. The molecule has 0 aliphatic carbocycles.